The van der Waals surface area contributed by atoms with E-state index in [2.05, 4.69) is 21.2 Å². The number of hydrogen-bond donors (Lipinski definition) is 2. The van der Waals surface area contributed by atoms with Gasteiger partial charge in [0.15, 0.2) is 0 Å². The molecule has 104 valence electrons. The minimum absolute atomic E-state index is 0.249. The third-order valence-corrected chi connectivity index (χ3v) is 3.69. The molecule has 3 N–H and O–H groups in total. The summed E-state index contributed by atoms with van der Waals surface area (Å²) < 4.78 is 13.8. The highest BCUT2D eigenvalue weighted by Gasteiger charge is 2.07. The molecule has 0 unspecified atom stereocenters. The van der Waals surface area contributed by atoms with Crippen LogP contribution in [0, 0.1) is 5.82 Å². The smallest absolute Gasteiger partial charge is 0.250 e. The lowest BCUT2D eigenvalue weighted by Crippen LogP contribution is -2.12. The summed E-state index contributed by atoms with van der Waals surface area (Å²) in [5.41, 5.74) is 6.94. The van der Waals surface area contributed by atoms with E-state index < -0.39 is 5.91 Å². The van der Waals surface area contributed by atoms with E-state index in [4.69, 9.17) is 17.3 Å². The molecule has 3 nitrogen and oxygen atoms in total. The van der Waals surface area contributed by atoms with Gasteiger partial charge in [-0.25, -0.2) is 4.39 Å². The molecule has 0 saturated carbocycles. The van der Waals surface area contributed by atoms with Crippen molar-refractivity contribution in [1.29, 1.82) is 0 Å². The highest BCUT2D eigenvalue weighted by Crippen LogP contribution is 2.21. The first-order valence-corrected chi connectivity index (χ1v) is 6.91. The number of hydrogen-bond acceptors (Lipinski definition) is 2. The molecular formula is C14H11BrClFN2O. The van der Waals surface area contributed by atoms with Gasteiger partial charge in [-0.2, -0.15) is 0 Å². The van der Waals surface area contributed by atoms with Crippen LogP contribution in [0.1, 0.15) is 15.9 Å². The minimum atomic E-state index is -0.590. The van der Waals surface area contributed by atoms with Crippen molar-refractivity contribution in [2.45, 2.75) is 6.54 Å². The molecule has 0 saturated heterocycles. The molecule has 0 radical (unpaired) electrons. The Balaban J connectivity index is 2.12. The fraction of sp³-hybridized carbons (Fsp3) is 0.0714. The minimum Gasteiger partial charge on any atom is -0.381 e. The summed E-state index contributed by atoms with van der Waals surface area (Å²) in [4.78, 5) is 11.2. The Hall–Kier alpha value is -1.59. The fourth-order valence-electron chi connectivity index (χ4n) is 1.68. The molecule has 0 aromatic heterocycles. The maximum absolute atomic E-state index is 13.4. The highest BCUT2D eigenvalue weighted by molar-refractivity contribution is 9.10. The van der Waals surface area contributed by atoms with E-state index >= 15 is 0 Å². The lowest BCUT2D eigenvalue weighted by atomic mass is 10.1. The number of carbonyl (C=O) groups excluding carboxylic acids is 1. The van der Waals surface area contributed by atoms with Gasteiger partial charge in [0.1, 0.15) is 5.82 Å². The average molecular weight is 358 g/mol. The Morgan fingerprint density at radius 2 is 2.05 bits per heavy atom. The first-order valence-electron chi connectivity index (χ1n) is 5.74. The van der Waals surface area contributed by atoms with E-state index in [1.807, 2.05) is 0 Å². The number of rotatable bonds is 4. The zero-order valence-corrected chi connectivity index (χ0v) is 12.6. The molecule has 2 rings (SSSR count). The third-order valence-electron chi connectivity index (χ3n) is 2.71. The zero-order valence-electron chi connectivity index (χ0n) is 10.3. The summed E-state index contributed by atoms with van der Waals surface area (Å²) in [5.74, 6) is -0.911. The molecule has 0 atom stereocenters. The van der Waals surface area contributed by atoms with Crippen molar-refractivity contribution in [3.8, 4) is 0 Å². The van der Waals surface area contributed by atoms with Crippen LogP contribution in [0.4, 0.5) is 10.1 Å². The van der Waals surface area contributed by atoms with Gasteiger partial charge >= 0.3 is 0 Å². The summed E-state index contributed by atoms with van der Waals surface area (Å²) in [6.45, 7) is 0.421. The Kier molecular flexibility index (Phi) is 4.62. The lowest BCUT2D eigenvalue weighted by Gasteiger charge is -2.09. The van der Waals surface area contributed by atoms with Crippen molar-refractivity contribution in [3.05, 3.63) is 62.8 Å². The SMILES string of the molecule is NC(=O)c1cc(NCc2ccc(Br)c(F)c2)ccc1Cl. The van der Waals surface area contributed by atoms with Crippen molar-refractivity contribution >= 4 is 39.1 Å². The van der Waals surface area contributed by atoms with E-state index in [9.17, 15) is 9.18 Å². The Morgan fingerprint density at radius 1 is 1.30 bits per heavy atom. The van der Waals surface area contributed by atoms with Crippen molar-refractivity contribution in [2.24, 2.45) is 5.73 Å². The molecule has 6 heteroatoms. The van der Waals surface area contributed by atoms with Gasteiger partial charge in [-0.3, -0.25) is 4.79 Å². The molecular weight excluding hydrogens is 347 g/mol. The Morgan fingerprint density at radius 3 is 2.70 bits per heavy atom. The predicted octanol–water partition coefficient (Wildman–Crippen LogP) is 3.95. The van der Waals surface area contributed by atoms with Gasteiger partial charge in [-0.05, 0) is 51.8 Å². The molecule has 0 heterocycles. The van der Waals surface area contributed by atoms with Gasteiger partial charge in [0.25, 0.3) is 0 Å². The molecule has 0 aliphatic rings. The van der Waals surface area contributed by atoms with Gasteiger partial charge in [0, 0.05) is 12.2 Å². The molecule has 1 amide bonds. The fourth-order valence-corrected chi connectivity index (χ4v) is 2.14. The normalized spacial score (nSPS) is 10.3. The number of anilines is 1. The Labute approximate surface area is 129 Å². The van der Waals surface area contributed by atoms with Crippen molar-refractivity contribution in [1.82, 2.24) is 0 Å². The van der Waals surface area contributed by atoms with Gasteiger partial charge in [0.05, 0.1) is 15.1 Å². The highest BCUT2D eigenvalue weighted by atomic mass is 79.9. The van der Waals surface area contributed by atoms with Crippen LogP contribution in [0.3, 0.4) is 0 Å². The number of primary amides is 1. The summed E-state index contributed by atoms with van der Waals surface area (Å²) in [6.07, 6.45) is 0. The van der Waals surface area contributed by atoms with E-state index in [0.29, 0.717) is 21.7 Å². The van der Waals surface area contributed by atoms with E-state index in [0.717, 1.165) is 5.56 Å². The second-order valence-electron chi connectivity index (χ2n) is 4.16. The number of benzene rings is 2. The van der Waals surface area contributed by atoms with Crippen LogP contribution in [0.15, 0.2) is 40.9 Å². The van der Waals surface area contributed by atoms with Crippen LogP contribution in [-0.4, -0.2) is 5.91 Å². The van der Waals surface area contributed by atoms with Crippen LogP contribution < -0.4 is 11.1 Å². The largest absolute Gasteiger partial charge is 0.381 e. The Bertz CT molecular complexity index is 664. The monoisotopic (exact) mass is 356 g/mol. The van der Waals surface area contributed by atoms with Gasteiger partial charge in [-0.15, -0.1) is 0 Å². The summed E-state index contributed by atoms with van der Waals surface area (Å²) >= 11 is 8.96. The van der Waals surface area contributed by atoms with Crippen LogP contribution in [0.25, 0.3) is 0 Å². The molecule has 0 bridgehead atoms. The molecule has 0 aliphatic heterocycles. The number of nitrogens with two attached hydrogens (primary N) is 1. The first-order chi connectivity index (χ1) is 9.47. The molecule has 0 spiro atoms. The summed E-state index contributed by atoms with van der Waals surface area (Å²) in [6, 6.07) is 9.76. The van der Waals surface area contributed by atoms with Crippen LogP contribution in [0.5, 0.6) is 0 Å². The molecule has 0 aliphatic carbocycles. The van der Waals surface area contributed by atoms with Crippen LogP contribution >= 0.6 is 27.5 Å². The number of halogens is 3. The maximum atomic E-state index is 13.4. The molecule has 20 heavy (non-hydrogen) atoms. The lowest BCUT2D eigenvalue weighted by molar-refractivity contribution is 0.100. The number of nitrogens with one attached hydrogen (secondary N) is 1. The second-order valence-corrected chi connectivity index (χ2v) is 5.42. The van der Waals surface area contributed by atoms with Gasteiger partial charge in [0.2, 0.25) is 5.91 Å². The molecule has 0 fully saturated rings. The van der Waals surface area contributed by atoms with Gasteiger partial charge < -0.3 is 11.1 Å². The maximum Gasteiger partial charge on any atom is 0.250 e. The molecule has 2 aromatic carbocycles. The topological polar surface area (TPSA) is 55.1 Å². The van der Waals surface area contributed by atoms with E-state index in [1.165, 1.54) is 6.07 Å². The second kappa shape index (κ2) is 6.24. The van der Waals surface area contributed by atoms with Gasteiger partial charge in [-0.1, -0.05) is 17.7 Å². The molecule has 2 aromatic rings. The quantitative estimate of drug-likeness (QED) is 0.870. The third kappa shape index (κ3) is 3.49. The van der Waals surface area contributed by atoms with E-state index in [1.54, 1.807) is 30.3 Å². The number of carbonyl (C=O) groups is 1. The van der Waals surface area contributed by atoms with Crippen LogP contribution in [-0.2, 0) is 6.54 Å². The first kappa shape index (κ1) is 14.8. The zero-order chi connectivity index (χ0) is 14.7. The van der Waals surface area contributed by atoms with Crippen molar-refractivity contribution in [3.63, 3.8) is 0 Å². The predicted molar refractivity (Wildman–Crippen MR) is 81.4 cm³/mol. The standard InChI is InChI=1S/C14H11BrClFN2O/c15-11-3-1-8(5-13(11)17)7-19-9-2-4-12(16)10(6-9)14(18)20/h1-6,19H,7H2,(H2,18,20). The van der Waals surface area contributed by atoms with E-state index in [-0.39, 0.29) is 11.4 Å². The average Bonchev–Trinajstić information content (AvgIpc) is 2.41. The summed E-state index contributed by atoms with van der Waals surface area (Å²) in [7, 11) is 0. The van der Waals surface area contributed by atoms with Crippen LogP contribution in [0.2, 0.25) is 5.02 Å². The number of amides is 1. The van der Waals surface area contributed by atoms with Crippen molar-refractivity contribution in [2.75, 3.05) is 5.32 Å². The van der Waals surface area contributed by atoms with Crippen molar-refractivity contribution < 1.29 is 9.18 Å². The summed E-state index contributed by atoms with van der Waals surface area (Å²) in [5, 5.41) is 3.39.